The number of phenolic OH excluding ortho intramolecular Hbond substituents is 1. The largest absolute Gasteiger partial charge is 0.508 e. The van der Waals surface area contributed by atoms with Crippen LogP contribution in [-0.2, 0) is 6.42 Å². The fraction of sp³-hybridized carbons (Fsp3) is 0.429. The van der Waals surface area contributed by atoms with Crippen molar-refractivity contribution in [2.45, 2.75) is 38.5 Å². The molecule has 2 N–H and O–H groups in total. The first-order valence-electron chi connectivity index (χ1n) is 8.72. The molecule has 0 radical (unpaired) electrons. The highest BCUT2D eigenvalue weighted by Crippen LogP contribution is 2.40. The molecule has 1 saturated carbocycles. The van der Waals surface area contributed by atoms with Crippen molar-refractivity contribution in [3.8, 4) is 5.75 Å². The molecular weight excluding hydrogens is 320 g/mol. The van der Waals surface area contributed by atoms with Crippen LogP contribution in [0.5, 0.6) is 5.75 Å². The number of aliphatic hydroxyl groups is 1. The van der Waals surface area contributed by atoms with Crippen LogP contribution in [0.3, 0.4) is 0 Å². The van der Waals surface area contributed by atoms with Crippen LogP contribution in [0.15, 0.2) is 42.5 Å². The molecule has 2 nitrogen and oxygen atoms in total. The van der Waals surface area contributed by atoms with E-state index < -0.39 is 0 Å². The maximum absolute atomic E-state index is 9.55. The van der Waals surface area contributed by atoms with Gasteiger partial charge in [0.15, 0.2) is 0 Å². The summed E-state index contributed by atoms with van der Waals surface area (Å²) in [6.07, 6.45) is 4.12. The fourth-order valence-corrected chi connectivity index (χ4v) is 4.17. The molecule has 1 aliphatic rings. The van der Waals surface area contributed by atoms with Gasteiger partial charge in [0.25, 0.3) is 0 Å². The highest BCUT2D eigenvalue weighted by molar-refractivity contribution is 6.31. The molecule has 0 spiro atoms. The predicted molar refractivity (Wildman–Crippen MR) is 98.7 cm³/mol. The Hall–Kier alpha value is -1.51. The quantitative estimate of drug-likeness (QED) is 0.805. The van der Waals surface area contributed by atoms with E-state index in [0.717, 1.165) is 35.4 Å². The van der Waals surface area contributed by atoms with E-state index in [2.05, 4.69) is 19.1 Å². The van der Waals surface area contributed by atoms with Gasteiger partial charge in [0, 0.05) is 11.6 Å². The second kappa shape index (κ2) is 7.58. The van der Waals surface area contributed by atoms with Gasteiger partial charge in [0.2, 0.25) is 0 Å². The van der Waals surface area contributed by atoms with Crippen LogP contribution in [0, 0.1) is 11.8 Å². The first kappa shape index (κ1) is 17.3. The number of phenols is 1. The number of hydrogen-bond acceptors (Lipinski definition) is 2. The summed E-state index contributed by atoms with van der Waals surface area (Å²) >= 11 is 6.41. The summed E-state index contributed by atoms with van der Waals surface area (Å²) in [5, 5.41) is 19.8. The Labute approximate surface area is 149 Å². The van der Waals surface area contributed by atoms with E-state index in [1.165, 1.54) is 12.0 Å². The lowest BCUT2D eigenvalue weighted by Gasteiger charge is -2.33. The molecule has 0 saturated heterocycles. The third kappa shape index (κ3) is 4.12. The maximum atomic E-state index is 9.55. The second-order valence-electron chi connectivity index (χ2n) is 7.25. The molecule has 128 valence electrons. The zero-order valence-corrected chi connectivity index (χ0v) is 14.8. The second-order valence-corrected chi connectivity index (χ2v) is 7.66. The van der Waals surface area contributed by atoms with E-state index in [1.54, 1.807) is 12.1 Å². The van der Waals surface area contributed by atoms with E-state index >= 15 is 0 Å². The van der Waals surface area contributed by atoms with Gasteiger partial charge in [-0.1, -0.05) is 42.8 Å². The minimum Gasteiger partial charge on any atom is -0.508 e. The van der Waals surface area contributed by atoms with Gasteiger partial charge in [0.05, 0.1) is 0 Å². The van der Waals surface area contributed by atoms with Gasteiger partial charge in [-0.15, -0.1) is 0 Å². The third-order valence-corrected chi connectivity index (χ3v) is 5.54. The Morgan fingerprint density at radius 1 is 1.04 bits per heavy atom. The Morgan fingerprint density at radius 2 is 1.79 bits per heavy atom. The summed E-state index contributed by atoms with van der Waals surface area (Å²) in [6, 6.07) is 13.7. The van der Waals surface area contributed by atoms with E-state index in [4.69, 9.17) is 11.6 Å². The van der Waals surface area contributed by atoms with Crippen LogP contribution in [0.4, 0.5) is 0 Å². The molecule has 3 unspecified atom stereocenters. The van der Waals surface area contributed by atoms with Crippen molar-refractivity contribution >= 4 is 11.6 Å². The van der Waals surface area contributed by atoms with Crippen LogP contribution >= 0.6 is 11.6 Å². The van der Waals surface area contributed by atoms with Crippen LogP contribution in [0.25, 0.3) is 0 Å². The van der Waals surface area contributed by atoms with Gasteiger partial charge in [-0.25, -0.2) is 0 Å². The van der Waals surface area contributed by atoms with Gasteiger partial charge in [-0.3, -0.25) is 0 Å². The first-order valence-corrected chi connectivity index (χ1v) is 9.10. The number of aromatic hydroxyl groups is 1. The predicted octanol–water partition coefficient (Wildman–Crippen LogP) is 5.15. The Balaban J connectivity index is 1.81. The standard InChI is InChI=1S/C21H25ClO2/c1-14-8-16(13-23)11-18(9-14)17-4-7-21(22)19(12-17)10-15-2-5-20(24)6-3-15/h2-7,12,14,16,18,23-24H,8-11,13H2,1H3. The number of benzene rings is 2. The molecule has 2 aromatic rings. The monoisotopic (exact) mass is 344 g/mol. The molecule has 0 amide bonds. The van der Waals surface area contributed by atoms with Gasteiger partial charge < -0.3 is 10.2 Å². The SMILES string of the molecule is CC1CC(CO)CC(c2ccc(Cl)c(Cc3ccc(O)cc3)c2)C1. The lowest BCUT2D eigenvalue weighted by molar-refractivity contribution is 0.154. The minimum atomic E-state index is 0.282. The number of halogens is 1. The van der Waals surface area contributed by atoms with Crippen LogP contribution < -0.4 is 0 Å². The summed E-state index contributed by atoms with van der Waals surface area (Å²) in [5.74, 6) is 1.85. The van der Waals surface area contributed by atoms with Crippen molar-refractivity contribution in [1.82, 2.24) is 0 Å². The van der Waals surface area contributed by atoms with Crippen molar-refractivity contribution in [3.05, 3.63) is 64.2 Å². The fourth-order valence-electron chi connectivity index (χ4n) is 3.98. The van der Waals surface area contributed by atoms with Gasteiger partial charge in [-0.2, -0.15) is 0 Å². The number of hydrogen-bond donors (Lipinski definition) is 2. The number of rotatable bonds is 4. The Morgan fingerprint density at radius 3 is 2.50 bits per heavy atom. The smallest absolute Gasteiger partial charge is 0.115 e. The molecule has 24 heavy (non-hydrogen) atoms. The molecule has 3 heteroatoms. The van der Waals surface area contributed by atoms with Crippen LogP contribution in [0.1, 0.15) is 48.8 Å². The zero-order chi connectivity index (χ0) is 17.1. The minimum absolute atomic E-state index is 0.282. The maximum Gasteiger partial charge on any atom is 0.115 e. The van der Waals surface area contributed by atoms with E-state index in [9.17, 15) is 10.2 Å². The van der Waals surface area contributed by atoms with Gasteiger partial charge >= 0.3 is 0 Å². The highest BCUT2D eigenvalue weighted by Gasteiger charge is 2.27. The molecule has 2 aromatic carbocycles. The lowest BCUT2D eigenvalue weighted by Crippen LogP contribution is -2.22. The summed E-state index contributed by atoms with van der Waals surface area (Å²) in [7, 11) is 0. The highest BCUT2D eigenvalue weighted by atomic mass is 35.5. The van der Waals surface area contributed by atoms with Crippen molar-refractivity contribution in [1.29, 1.82) is 0 Å². The molecular formula is C21H25ClO2. The van der Waals surface area contributed by atoms with Gasteiger partial charge in [0.1, 0.15) is 5.75 Å². The topological polar surface area (TPSA) is 40.5 Å². The molecule has 3 atom stereocenters. The van der Waals surface area contributed by atoms with Crippen molar-refractivity contribution in [3.63, 3.8) is 0 Å². The van der Waals surface area contributed by atoms with Crippen LogP contribution in [0.2, 0.25) is 5.02 Å². The van der Waals surface area contributed by atoms with Gasteiger partial charge in [-0.05, 0) is 78.3 Å². The van der Waals surface area contributed by atoms with Crippen molar-refractivity contribution in [2.75, 3.05) is 6.61 Å². The molecule has 0 bridgehead atoms. The average Bonchev–Trinajstić information content (AvgIpc) is 2.58. The van der Waals surface area contributed by atoms with Crippen molar-refractivity contribution < 1.29 is 10.2 Å². The normalized spacial score (nSPS) is 24.0. The molecule has 1 fully saturated rings. The third-order valence-electron chi connectivity index (χ3n) is 5.17. The summed E-state index contributed by atoms with van der Waals surface area (Å²) < 4.78 is 0. The van der Waals surface area contributed by atoms with Crippen molar-refractivity contribution in [2.24, 2.45) is 11.8 Å². The van der Waals surface area contributed by atoms with Crippen LogP contribution in [-0.4, -0.2) is 16.8 Å². The first-order chi connectivity index (χ1) is 11.5. The molecule has 1 aliphatic carbocycles. The zero-order valence-electron chi connectivity index (χ0n) is 14.1. The Bertz CT molecular complexity index is 681. The van der Waals surface area contributed by atoms with E-state index in [0.29, 0.717) is 17.8 Å². The molecule has 0 aromatic heterocycles. The number of aliphatic hydroxyl groups excluding tert-OH is 1. The summed E-state index contributed by atoms with van der Waals surface area (Å²) in [6.45, 7) is 2.57. The van der Waals surface area contributed by atoms with E-state index in [1.807, 2.05) is 18.2 Å². The Kier molecular flexibility index (Phi) is 5.47. The molecule has 3 rings (SSSR count). The summed E-state index contributed by atoms with van der Waals surface area (Å²) in [5.41, 5.74) is 3.59. The summed E-state index contributed by atoms with van der Waals surface area (Å²) in [4.78, 5) is 0. The lowest BCUT2D eigenvalue weighted by atomic mass is 9.73. The average molecular weight is 345 g/mol. The van der Waals surface area contributed by atoms with E-state index in [-0.39, 0.29) is 12.4 Å². The molecule has 0 aliphatic heterocycles. The molecule has 0 heterocycles.